The topological polar surface area (TPSA) is 75.2 Å². The van der Waals surface area contributed by atoms with Crippen molar-refractivity contribution in [2.75, 3.05) is 22.5 Å². The molecule has 6 nitrogen and oxygen atoms in total. The molecule has 4 rings (SSSR count). The lowest BCUT2D eigenvalue weighted by molar-refractivity contribution is -0.117. The molecule has 1 aromatic heterocycles. The summed E-state index contributed by atoms with van der Waals surface area (Å²) in [6.07, 6.45) is 1.34. The Morgan fingerprint density at radius 2 is 1.88 bits per heavy atom. The van der Waals surface area contributed by atoms with Crippen molar-refractivity contribution in [3.8, 4) is 0 Å². The standard InChI is InChI=1S/C23H23FN4O2S2/c1-2-15-5-9-19(10-6-15)28-12-17(11-21(28)30)22-26-27-23(32-22)25-20(29)14-31-13-16-3-7-18(24)8-4-16/h3-10,17H,2,11-14H2,1H3,(H,25,27,29). The van der Waals surface area contributed by atoms with Gasteiger partial charge in [-0.15, -0.1) is 22.0 Å². The lowest BCUT2D eigenvalue weighted by atomic mass is 10.1. The van der Waals surface area contributed by atoms with E-state index < -0.39 is 0 Å². The van der Waals surface area contributed by atoms with Crippen molar-refractivity contribution in [3.63, 3.8) is 0 Å². The van der Waals surface area contributed by atoms with E-state index in [4.69, 9.17) is 0 Å². The van der Waals surface area contributed by atoms with Crippen molar-refractivity contribution in [2.45, 2.75) is 31.4 Å². The minimum atomic E-state index is -0.273. The van der Waals surface area contributed by atoms with E-state index in [1.807, 2.05) is 24.3 Å². The number of thioether (sulfide) groups is 1. The van der Waals surface area contributed by atoms with Gasteiger partial charge in [0.2, 0.25) is 16.9 Å². The number of carbonyl (C=O) groups is 2. The van der Waals surface area contributed by atoms with Crippen LogP contribution < -0.4 is 10.2 Å². The van der Waals surface area contributed by atoms with Crippen LogP contribution in [0.5, 0.6) is 0 Å². The second kappa shape index (κ2) is 10.2. The van der Waals surface area contributed by atoms with Crippen molar-refractivity contribution in [1.82, 2.24) is 10.2 Å². The first kappa shape index (κ1) is 22.4. The molecule has 0 radical (unpaired) electrons. The number of rotatable bonds is 8. The molecule has 1 aliphatic heterocycles. The number of hydrogen-bond acceptors (Lipinski definition) is 6. The minimum absolute atomic E-state index is 0.0376. The highest BCUT2D eigenvalue weighted by Gasteiger charge is 2.34. The van der Waals surface area contributed by atoms with Gasteiger partial charge in [0.05, 0.1) is 5.75 Å². The predicted octanol–water partition coefficient (Wildman–Crippen LogP) is 4.63. The van der Waals surface area contributed by atoms with Gasteiger partial charge in [-0.3, -0.25) is 14.9 Å². The molecule has 9 heteroatoms. The van der Waals surface area contributed by atoms with Crippen molar-refractivity contribution in [2.24, 2.45) is 0 Å². The molecule has 0 aliphatic carbocycles. The largest absolute Gasteiger partial charge is 0.312 e. The van der Waals surface area contributed by atoms with Gasteiger partial charge in [0, 0.05) is 30.3 Å². The van der Waals surface area contributed by atoms with Gasteiger partial charge in [0.25, 0.3) is 0 Å². The monoisotopic (exact) mass is 470 g/mol. The molecule has 1 saturated heterocycles. The van der Waals surface area contributed by atoms with Gasteiger partial charge in [0.15, 0.2) is 0 Å². The average Bonchev–Trinajstić information content (AvgIpc) is 3.41. The van der Waals surface area contributed by atoms with Crippen molar-refractivity contribution >= 4 is 45.7 Å². The van der Waals surface area contributed by atoms with E-state index in [1.165, 1.54) is 40.8 Å². The molecule has 0 spiro atoms. The fourth-order valence-corrected chi connectivity index (χ4v) is 5.12. The number of aromatic nitrogens is 2. The van der Waals surface area contributed by atoms with Gasteiger partial charge in [0.1, 0.15) is 10.8 Å². The maximum Gasteiger partial charge on any atom is 0.236 e. The summed E-state index contributed by atoms with van der Waals surface area (Å²) in [7, 11) is 0. The molecule has 1 aliphatic rings. The maximum atomic E-state index is 12.9. The van der Waals surface area contributed by atoms with E-state index in [0.717, 1.165) is 22.7 Å². The van der Waals surface area contributed by atoms with E-state index >= 15 is 0 Å². The second-order valence-electron chi connectivity index (χ2n) is 7.54. The Morgan fingerprint density at radius 3 is 2.59 bits per heavy atom. The van der Waals surface area contributed by atoms with Gasteiger partial charge >= 0.3 is 0 Å². The number of aryl methyl sites for hydroxylation is 1. The molecule has 3 aromatic rings. The highest BCUT2D eigenvalue weighted by molar-refractivity contribution is 7.99. The van der Waals surface area contributed by atoms with Crippen molar-refractivity contribution < 1.29 is 14.0 Å². The van der Waals surface area contributed by atoms with Crippen LogP contribution in [0.4, 0.5) is 15.2 Å². The normalized spacial score (nSPS) is 15.9. The molecule has 0 saturated carbocycles. The van der Waals surface area contributed by atoms with Crippen LogP contribution in [0.15, 0.2) is 48.5 Å². The Hall–Kier alpha value is -2.78. The summed E-state index contributed by atoms with van der Waals surface area (Å²) >= 11 is 2.75. The zero-order valence-corrected chi connectivity index (χ0v) is 19.2. The lowest BCUT2D eigenvalue weighted by Gasteiger charge is -2.16. The minimum Gasteiger partial charge on any atom is -0.312 e. The number of anilines is 2. The van der Waals surface area contributed by atoms with Crippen LogP contribution in [0.25, 0.3) is 0 Å². The van der Waals surface area contributed by atoms with E-state index in [-0.39, 0.29) is 29.3 Å². The molecule has 1 fully saturated rings. The zero-order valence-electron chi connectivity index (χ0n) is 17.6. The van der Waals surface area contributed by atoms with Crippen LogP contribution in [0.1, 0.15) is 35.4 Å². The Balaban J connectivity index is 1.28. The number of halogens is 1. The summed E-state index contributed by atoms with van der Waals surface area (Å²) in [6.45, 7) is 2.66. The molecular formula is C23H23FN4O2S2. The lowest BCUT2D eigenvalue weighted by Crippen LogP contribution is -2.24. The van der Waals surface area contributed by atoms with Crippen LogP contribution >= 0.6 is 23.1 Å². The number of nitrogens with one attached hydrogen (secondary N) is 1. The zero-order chi connectivity index (χ0) is 22.5. The third-order valence-corrected chi connectivity index (χ3v) is 7.24. The summed E-state index contributed by atoms with van der Waals surface area (Å²) in [5.41, 5.74) is 3.09. The van der Waals surface area contributed by atoms with Crippen molar-refractivity contribution in [1.29, 1.82) is 0 Å². The third-order valence-electron chi connectivity index (χ3n) is 5.23. The van der Waals surface area contributed by atoms with Gasteiger partial charge in [-0.05, 0) is 41.8 Å². The summed E-state index contributed by atoms with van der Waals surface area (Å²) in [4.78, 5) is 26.5. The van der Waals surface area contributed by atoms with Gasteiger partial charge < -0.3 is 4.90 Å². The number of hydrogen-bond donors (Lipinski definition) is 1. The highest BCUT2D eigenvalue weighted by atomic mass is 32.2. The summed E-state index contributed by atoms with van der Waals surface area (Å²) < 4.78 is 12.9. The third kappa shape index (κ3) is 5.52. The SMILES string of the molecule is CCc1ccc(N2CC(c3nnc(NC(=O)CSCc4ccc(F)cc4)s3)CC2=O)cc1. The van der Waals surface area contributed by atoms with E-state index in [0.29, 0.717) is 23.8 Å². The molecular weight excluding hydrogens is 447 g/mol. The number of nitrogens with zero attached hydrogens (tertiary/aromatic N) is 3. The molecule has 1 unspecified atom stereocenters. The van der Waals surface area contributed by atoms with Crippen LogP contribution in [0, 0.1) is 5.82 Å². The van der Waals surface area contributed by atoms with Crippen LogP contribution in [0.3, 0.4) is 0 Å². The Kier molecular flexibility index (Phi) is 7.16. The number of carbonyl (C=O) groups excluding carboxylic acids is 2. The first-order valence-electron chi connectivity index (χ1n) is 10.4. The van der Waals surface area contributed by atoms with E-state index in [1.54, 1.807) is 17.0 Å². The Morgan fingerprint density at radius 1 is 1.16 bits per heavy atom. The van der Waals surface area contributed by atoms with E-state index in [2.05, 4.69) is 22.4 Å². The van der Waals surface area contributed by atoms with Gasteiger partial charge in [-0.25, -0.2) is 4.39 Å². The number of amides is 2. The van der Waals surface area contributed by atoms with Crippen LogP contribution in [-0.2, 0) is 21.8 Å². The molecule has 1 N–H and O–H groups in total. The predicted molar refractivity (Wildman–Crippen MR) is 127 cm³/mol. The van der Waals surface area contributed by atoms with Crippen LogP contribution in [0.2, 0.25) is 0 Å². The maximum absolute atomic E-state index is 12.9. The van der Waals surface area contributed by atoms with Gasteiger partial charge in [-0.1, -0.05) is 42.5 Å². The average molecular weight is 471 g/mol. The summed E-state index contributed by atoms with van der Waals surface area (Å²) in [5.74, 6) is 0.468. The summed E-state index contributed by atoms with van der Waals surface area (Å²) in [5, 5.41) is 12.2. The first-order chi connectivity index (χ1) is 15.5. The van der Waals surface area contributed by atoms with E-state index in [9.17, 15) is 14.0 Å². The van der Waals surface area contributed by atoms with Gasteiger partial charge in [-0.2, -0.15) is 0 Å². The quantitative estimate of drug-likeness (QED) is 0.519. The van der Waals surface area contributed by atoms with Crippen LogP contribution in [-0.4, -0.2) is 34.3 Å². The molecule has 2 amide bonds. The fraction of sp³-hybridized carbons (Fsp3) is 0.304. The highest BCUT2D eigenvalue weighted by Crippen LogP contribution is 2.34. The van der Waals surface area contributed by atoms with Crippen molar-refractivity contribution in [3.05, 3.63) is 70.5 Å². The Labute approximate surface area is 194 Å². The second-order valence-corrected chi connectivity index (χ2v) is 9.53. The molecule has 2 heterocycles. The molecule has 0 bridgehead atoms. The molecule has 166 valence electrons. The molecule has 2 aromatic carbocycles. The first-order valence-corrected chi connectivity index (χ1v) is 12.3. The molecule has 1 atom stereocenters. The fourth-order valence-electron chi connectivity index (χ4n) is 3.48. The molecule has 32 heavy (non-hydrogen) atoms. The smallest absolute Gasteiger partial charge is 0.236 e. The Bertz CT molecular complexity index is 1090. The summed E-state index contributed by atoms with van der Waals surface area (Å²) in [6, 6.07) is 14.3. The number of benzene rings is 2.